The van der Waals surface area contributed by atoms with Gasteiger partial charge in [-0.15, -0.1) is 0 Å². The third kappa shape index (κ3) is 4.24. The van der Waals surface area contributed by atoms with E-state index in [0.29, 0.717) is 6.42 Å². The molecule has 0 aliphatic heterocycles. The minimum Gasteiger partial charge on any atom is -0.396 e. The van der Waals surface area contributed by atoms with Crippen LogP contribution in [0.3, 0.4) is 0 Å². The summed E-state index contributed by atoms with van der Waals surface area (Å²) in [7, 11) is 0. The number of rotatable bonds is 4. The van der Waals surface area contributed by atoms with Gasteiger partial charge in [-0.25, -0.2) is 0 Å². The lowest BCUT2D eigenvalue weighted by Crippen LogP contribution is -2.11. The van der Waals surface area contributed by atoms with E-state index in [1.807, 2.05) is 42.5 Å². The Morgan fingerprint density at radius 1 is 1.05 bits per heavy atom. The van der Waals surface area contributed by atoms with Gasteiger partial charge >= 0.3 is 0 Å². The molecule has 0 amide bonds. The smallest absolute Gasteiger partial charge is 0.0449 e. The van der Waals surface area contributed by atoms with Crippen molar-refractivity contribution in [2.24, 2.45) is 5.73 Å². The van der Waals surface area contributed by atoms with Crippen molar-refractivity contribution in [3.63, 3.8) is 0 Å². The summed E-state index contributed by atoms with van der Waals surface area (Å²) in [5.41, 5.74) is 9.19. The van der Waals surface area contributed by atoms with Gasteiger partial charge in [-0.3, -0.25) is 0 Å². The summed E-state index contributed by atoms with van der Waals surface area (Å²) in [4.78, 5) is 0. The van der Waals surface area contributed by atoms with E-state index in [4.69, 9.17) is 10.8 Å². The second-order valence-electron chi connectivity index (χ2n) is 4.71. The van der Waals surface area contributed by atoms with Crippen molar-refractivity contribution < 1.29 is 5.11 Å². The molecular weight excluding hydrogens is 246 g/mol. The SMILES string of the molecule is NC(CCO)c1cccc(C#CCc2ccccc2)c1. The molecule has 0 bridgehead atoms. The van der Waals surface area contributed by atoms with Crippen molar-refractivity contribution in [1.82, 2.24) is 0 Å². The van der Waals surface area contributed by atoms with Crippen LogP contribution in [0.25, 0.3) is 0 Å². The number of hydrogen-bond donors (Lipinski definition) is 2. The van der Waals surface area contributed by atoms with Crippen molar-refractivity contribution in [1.29, 1.82) is 0 Å². The Hall–Kier alpha value is -2.08. The predicted molar refractivity (Wildman–Crippen MR) is 82.1 cm³/mol. The lowest BCUT2D eigenvalue weighted by Gasteiger charge is -2.10. The van der Waals surface area contributed by atoms with Crippen LogP contribution in [-0.4, -0.2) is 11.7 Å². The Bertz CT molecular complexity index is 596. The Morgan fingerprint density at radius 3 is 2.60 bits per heavy atom. The normalized spacial score (nSPS) is 11.5. The first-order valence-electron chi connectivity index (χ1n) is 6.79. The first-order valence-corrected chi connectivity index (χ1v) is 6.79. The van der Waals surface area contributed by atoms with E-state index in [9.17, 15) is 0 Å². The van der Waals surface area contributed by atoms with Gasteiger partial charge in [-0.05, 0) is 29.7 Å². The van der Waals surface area contributed by atoms with Crippen molar-refractivity contribution >= 4 is 0 Å². The van der Waals surface area contributed by atoms with Gasteiger partial charge in [0.2, 0.25) is 0 Å². The molecule has 20 heavy (non-hydrogen) atoms. The van der Waals surface area contributed by atoms with Gasteiger partial charge in [-0.1, -0.05) is 54.3 Å². The Kier molecular flexibility index (Phi) is 5.37. The number of benzene rings is 2. The average molecular weight is 265 g/mol. The number of nitrogens with two attached hydrogens (primary N) is 1. The second kappa shape index (κ2) is 7.49. The van der Waals surface area contributed by atoms with Crippen LogP contribution in [0.1, 0.15) is 29.2 Å². The highest BCUT2D eigenvalue weighted by atomic mass is 16.3. The molecule has 2 heteroatoms. The van der Waals surface area contributed by atoms with Crippen molar-refractivity contribution in [2.45, 2.75) is 18.9 Å². The van der Waals surface area contributed by atoms with Gasteiger partial charge in [0.25, 0.3) is 0 Å². The Balaban J connectivity index is 2.05. The van der Waals surface area contributed by atoms with Gasteiger partial charge in [-0.2, -0.15) is 0 Å². The van der Waals surface area contributed by atoms with E-state index in [0.717, 1.165) is 17.5 Å². The van der Waals surface area contributed by atoms with Crippen LogP contribution in [0.4, 0.5) is 0 Å². The highest BCUT2D eigenvalue weighted by Gasteiger charge is 2.04. The molecule has 2 aromatic rings. The fraction of sp³-hybridized carbons (Fsp3) is 0.222. The summed E-state index contributed by atoms with van der Waals surface area (Å²) in [6.07, 6.45) is 1.31. The first-order chi connectivity index (χ1) is 9.79. The van der Waals surface area contributed by atoms with Crippen LogP contribution in [0.15, 0.2) is 54.6 Å². The van der Waals surface area contributed by atoms with Crippen molar-refractivity contribution in [3.8, 4) is 11.8 Å². The molecule has 102 valence electrons. The fourth-order valence-corrected chi connectivity index (χ4v) is 2.00. The summed E-state index contributed by atoms with van der Waals surface area (Å²) in [6.45, 7) is 0.102. The van der Waals surface area contributed by atoms with E-state index in [2.05, 4.69) is 24.0 Å². The summed E-state index contributed by atoms with van der Waals surface area (Å²) in [5.74, 6) is 6.34. The molecule has 2 nitrogen and oxygen atoms in total. The molecule has 0 radical (unpaired) electrons. The maximum absolute atomic E-state index is 8.93. The molecule has 0 heterocycles. The van der Waals surface area contributed by atoms with E-state index in [1.54, 1.807) is 0 Å². The zero-order valence-electron chi connectivity index (χ0n) is 11.4. The molecule has 0 aliphatic carbocycles. The molecule has 0 spiro atoms. The third-order valence-electron chi connectivity index (χ3n) is 3.12. The minimum atomic E-state index is -0.129. The molecule has 3 N–H and O–H groups in total. The number of hydrogen-bond acceptors (Lipinski definition) is 2. The van der Waals surface area contributed by atoms with Gasteiger partial charge < -0.3 is 10.8 Å². The topological polar surface area (TPSA) is 46.2 Å². The van der Waals surface area contributed by atoms with Crippen molar-refractivity contribution in [3.05, 3.63) is 71.3 Å². The van der Waals surface area contributed by atoms with Gasteiger partial charge in [0.15, 0.2) is 0 Å². The van der Waals surface area contributed by atoms with E-state index in [1.165, 1.54) is 5.56 Å². The Morgan fingerprint density at radius 2 is 1.85 bits per heavy atom. The van der Waals surface area contributed by atoms with Gasteiger partial charge in [0.05, 0.1) is 0 Å². The third-order valence-corrected chi connectivity index (χ3v) is 3.12. The first kappa shape index (κ1) is 14.3. The van der Waals surface area contributed by atoms with Crippen LogP contribution in [0, 0.1) is 11.8 Å². The van der Waals surface area contributed by atoms with Crippen LogP contribution < -0.4 is 5.73 Å². The average Bonchev–Trinajstić information content (AvgIpc) is 2.49. The largest absolute Gasteiger partial charge is 0.396 e. The van der Waals surface area contributed by atoms with Gasteiger partial charge in [0, 0.05) is 24.6 Å². The standard InChI is InChI=1S/C18H19NO/c19-18(12-13-20)17-11-5-10-16(14-17)9-4-8-15-6-2-1-3-7-15/h1-3,5-7,10-11,14,18,20H,8,12-13,19H2. The fourth-order valence-electron chi connectivity index (χ4n) is 2.00. The lowest BCUT2D eigenvalue weighted by atomic mass is 10.0. The molecule has 2 aromatic carbocycles. The monoisotopic (exact) mass is 265 g/mol. The maximum Gasteiger partial charge on any atom is 0.0449 e. The van der Waals surface area contributed by atoms with Crippen LogP contribution in [0.2, 0.25) is 0 Å². The van der Waals surface area contributed by atoms with Crippen molar-refractivity contribution in [2.75, 3.05) is 6.61 Å². The molecule has 0 saturated carbocycles. The van der Waals surface area contributed by atoms with E-state index in [-0.39, 0.29) is 12.6 Å². The van der Waals surface area contributed by atoms with E-state index >= 15 is 0 Å². The quantitative estimate of drug-likeness (QED) is 0.835. The van der Waals surface area contributed by atoms with Crippen LogP contribution in [-0.2, 0) is 6.42 Å². The zero-order chi connectivity index (χ0) is 14.2. The highest BCUT2D eigenvalue weighted by Crippen LogP contribution is 2.14. The van der Waals surface area contributed by atoms with E-state index < -0.39 is 0 Å². The lowest BCUT2D eigenvalue weighted by molar-refractivity contribution is 0.276. The molecule has 1 unspecified atom stereocenters. The summed E-state index contributed by atoms with van der Waals surface area (Å²) in [6, 6.07) is 18.0. The minimum absolute atomic E-state index is 0.102. The molecule has 0 aliphatic rings. The molecule has 1 atom stereocenters. The maximum atomic E-state index is 8.93. The number of aliphatic hydroxyl groups excluding tert-OH is 1. The van der Waals surface area contributed by atoms with Crippen LogP contribution >= 0.6 is 0 Å². The summed E-state index contributed by atoms with van der Waals surface area (Å²) in [5, 5.41) is 8.93. The van der Waals surface area contributed by atoms with Crippen LogP contribution in [0.5, 0.6) is 0 Å². The summed E-state index contributed by atoms with van der Waals surface area (Å²) < 4.78 is 0. The molecule has 0 fully saturated rings. The predicted octanol–water partition coefficient (Wildman–Crippen LogP) is 2.66. The Labute approximate surface area is 120 Å². The molecular formula is C18H19NO. The molecule has 0 saturated heterocycles. The molecule has 2 rings (SSSR count). The second-order valence-corrected chi connectivity index (χ2v) is 4.71. The number of aliphatic hydroxyl groups is 1. The molecule has 0 aromatic heterocycles. The van der Waals surface area contributed by atoms with Gasteiger partial charge in [0.1, 0.15) is 0 Å². The highest BCUT2D eigenvalue weighted by molar-refractivity contribution is 5.39. The summed E-state index contributed by atoms with van der Waals surface area (Å²) >= 11 is 0. The zero-order valence-corrected chi connectivity index (χ0v) is 11.4.